The first-order valence-electron chi connectivity index (χ1n) is 11.3. The van der Waals surface area contributed by atoms with Crippen molar-refractivity contribution in [2.45, 2.75) is 38.3 Å². The summed E-state index contributed by atoms with van der Waals surface area (Å²) in [5, 5.41) is 14.5. The van der Waals surface area contributed by atoms with Crippen LogP contribution in [0.25, 0.3) is 16.9 Å². The van der Waals surface area contributed by atoms with E-state index in [0.29, 0.717) is 23.3 Å². The zero-order valence-electron chi connectivity index (χ0n) is 18.4. The number of carbonyl (C=O) groups excluding carboxylic acids is 1. The van der Waals surface area contributed by atoms with Crippen LogP contribution in [0, 0.1) is 0 Å². The molecule has 2 aromatic carbocycles. The number of hydrogen-bond acceptors (Lipinski definition) is 4. The second kappa shape index (κ2) is 10.0. The van der Waals surface area contributed by atoms with Crippen LogP contribution in [0.15, 0.2) is 65.3 Å². The van der Waals surface area contributed by atoms with Crippen LogP contribution < -0.4 is 16.0 Å². The Hall–Kier alpha value is -3.10. The Morgan fingerprint density at radius 3 is 2.65 bits per heavy atom. The fourth-order valence-corrected chi connectivity index (χ4v) is 4.77. The Morgan fingerprint density at radius 2 is 1.88 bits per heavy atom. The number of aromatic nitrogens is 3. The maximum atomic E-state index is 12.2. The monoisotopic (exact) mass is 538 g/mol. The van der Waals surface area contributed by atoms with E-state index < -0.39 is 0 Å². The zero-order valence-corrected chi connectivity index (χ0v) is 20.7. The number of benzene rings is 2. The summed E-state index contributed by atoms with van der Waals surface area (Å²) in [7, 11) is 0. The molecule has 0 spiro atoms. The van der Waals surface area contributed by atoms with Gasteiger partial charge in [0.25, 0.3) is 0 Å². The molecule has 1 fully saturated rings. The third-order valence-corrected chi connectivity index (χ3v) is 6.84. The molecule has 1 saturated carbocycles. The van der Waals surface area contributed by atoms with Gasteiger partial charge < -0.3 is 16.0 Å². The molecule has 3 N–H and O–H groups in total. The molecule has 5 rings (SSSR count). The minimum atomic E-state index is -0.145. The molecule has 0 bridgehead atoms. The number of rotatable bonds is 6. The summed E-state index contributed by atoms with van der Waals surface area (Å²) in [6, 6.07) is 17.5. The van der Waals surface area contributed by atoms with E-state index in [2.05, 4.69) is 37.0 Å². The number of urea groups is 1. The number of nitrogens with one attached hydrogen (secondary N) is 3. The molecule has 0 unspecified atom stereocenters. The molecule has 0 atom stereocenters. The van der Waals surface area contributed by atoms with E-state index in [-0.39, 0.29) is 6.03 Å². The molecular formula is C25H24BrClN6O. The highest BCUT2D eigenvalue weighted by Gasteiger charge is 2.17. The number of fused-ring (bicyclic) bond motifs is 1. The first kappa shape index (κ1) is 22.7. The SMILES string of the molecule is O=C(Nc1ccc(CNc2cc(-c3ccccc3Cl)nc3c(Br)cnn23)cc1)NC1CCCC1. The number of hydrogen-bond donors (Lipinski definition) is 3. The van der Waals surface area contributed by atoms with E-state index in [4.69, 9.17) is 16.6 Å². The second-order valence-corrected chi connectivity index (χ2v) is 9.63. The van der Waals surface area contributed by atoms with Crippen molar-refractivity contribution in [1.29, 1.82) is 0 Å². The van der Waals surface area contributed by atoms with Crippen LogP contribution in [-0.4, -0.2) is 26.7 Å². The first-order valence-corrected chi connectivity index (χ1v) is 12.4. The maximum absolute atomic E-state index is 12.2. The fourth-order valence-electron chi connectivity index (χ4n) is 4.19. The molecule has 0 saturated heterocycles. The Labute approximate surface area is 211 Å². The third-order valence-electron chi connectivity index (χ3n) is 5.95. The maximum Gasteiger partial charge on any atom is 0.319 e. The lowest BCUT2D eigenvalue weighted by Gasteiger charge is -2.14. The van der Waals surface area contributed by atoms with Crippen molar-refractivity contribution in [3.05, 3.63) is 75.9 Å². The minimum absolute atomic E-state index is 0.145. The highest BCUT2D eigenvalue weighted by atomic mass is 79.9. The van der Waals surface area contributed by atoms with Crippen LogP contribution in [0.3, 0.4) is 0 Å². The lowest BCUT2D eigenvalue weighted by molar-refractivity contribution is 0.248. The van der Waals surface area contributed by atoms with Gasteiger partial charge in [0.05, 0.1) is 16.4 Å². The van der Waals surface area contributed by atoms with E-state index >= 15 is 0 Å². The largest absolute Gasteiger partial charge is 0.366 e. The van der Waals surface area contributed by atoms with Crippen molar-refractivity contribution >= 4 is 50.7 Å². The molecule has 7 nitrogen and oxygen atoms in total. The molecule has 2 aromatic heterocycles. The van der Waals surface area contributed by atoms with E-state index in [1.54, 1.807) is 10.7 Å². The minimum Gasteiger partial charge on any atom is -0.366 e. The van der Waals surface area contributed by atoms with Gasteiger partial charge in [-0.15, -0.1) is 0 Å². The van der Waals surface area contributed by atoms with Gasteiger partial charge in [0.2, 0.25) is 0 Å². The molecular weight excluding hydrogens is 516 g/mol. The standard InChI is InChI=1S/C25H24BrClN6O/c26-20-15-29-33-23(13-22(32-24(20)33)19-7-3-4-8-21(19)27)28-14-16-9-11-18(12-10-16)31-25(34)30-17-5-1-2-6-17/h3-4,7-13,15,17,28H,1-2,5-6,14H2,(H2,30,31,34). The van der Waals surface area contributed by atoms with Crippen molar-refractivity contribution in [2.24, 2.45) is 0 Å². The predicted molar refractivity (Wildman–Crippen MR) is 139 cm³/mol. The predicted octanol–water partition coefficient (Wildman–Crippen LogP) is 6.49. The van der Waals surface area contributed by atoms with Crippen LogP contribution in [0.1, 0.15) is 31.2 Å². The van der Waals surface area contributed by atoms with Crippen LogP contribution in [0.2, 0.25) is 5.02 Å². The molecule has 9 heteroatoms. The molecule has 0 radical (unpaired) electrons. The van der Waals surface area contributed by atoms with Gasteiger partial charge in [0.1, 0.15) is 5.82 Å². The van der Waals surface area contributed by atoms with Gasteiger partial charge in [-0.3, -0.25) is 0 Å². The van der Waals surface area contributed by atoms with Crippen LogP contribution in [-0.2, 0) is 6.54 Å². The number of amides is 2. The highest BCUT2D eigenvalue weighted by Crippen LogP contribution is 2.30. The van der Waals surface area contributed by atoms with Crippen LogP contribution in [0.4, 0.5) is 16.3 Å². The Balaban J connectivity index is 1.30. The van der Waals surface area contributed by atoms with Gasteiger partial charge in [-0.1, -0.05) is 54.8 Å². The topological polar surface area (TPSA) is 83.3 Å². The number of anilines is 2. The van der Waals surface area contributed by atoms with Crippen molar-refractivity contribution in [2.75, 3.05) is 10.6 Å². The molecule has 174 valence electrons. The van der Waals surface area contributed by atoms with Gasteiger partial charge in [0.15, 0.2) is 5.65 Å². The lowest BCUT2D eigenvalue weighted by atomic mass is 10.1. The average Bonchev–Trinajstić information content (AvgIpc) is 3.48. The molecule has 0 aliphatic heterocycles. The van der Waals surface area contributed by atoms with Gasteiger partial charge in [-0.05, 0) is 52.5 Å². The number of carbonyl (C=O) groups is 1. The Bertz CT molecular complexity index is 1320. The molecule has 1 aliphatic rings. The molecule has 4 aromatic rings. The van der Waals surface area contributed by atoms with Crippen LogP contribution >= 0.6 is 27.5 Å². The summed E-state index contributed by atoms with van der Waals surface area (Å²) >= 11 is 9.95. The van der Waals surface area contributed by atoms with Gasteiger partial charge >= 0.3 is 6.03 Å². The third kappa shape index (κ3) is 5.03. The molecule has 34 heavy (non-hydrogen) atoms. The first-order chi connectivity index (χ1) is 16.6. The van der Waals surface area contributed by atoms with Crippen molar-refractivity contribution in [3.8, 4) is 11.3 Å². The second-order valence-electron chi connectivity index (χ2n) is 8.36. The van der Waals surface area contributed by atoms with E-state index in [1.807, 2.05) is 54.6 Å². The van der Waals surface area contributed by atoms with Crippen molar-refractivity contribution in [3.63, 3.8) is 0 Å². The molecule has 2 amide bonds. The summed E-state index contributed by atoms with van der Waals surface area (Å²) in [5.74, 6) is 0.795. The van der Waals surface area contributed by atoms with E-state index in [0.717, 1.165) is 45.6 Å². The summed E-state index contributed by atoms with van der Waals surface area (Å²) in [6.07, 6.45) is 6.22. The normalized spacial score (nSPS) is 13.8. The highest BCUT2D eigenvalue weighted by molar-refractivity contribution is 9.10. The quantitative estimate of drug-likeness (QED) is 0.262. The molecule has 2 heterocycles. The number of halogens is 2. The average molecular weight is 540 g/mol. The number of nitrogens with zero attached hydrogens (tertiary/aromatic N) is 3. The zero-order chi connectivity index (χ0) is 23.5. The fraction of sp³-hybridized carbons (Fsp3) is 0.240. The summed E-state index contributed by atoms with van der Waals surface area (Å²) < 4.78 is 2.56. The van der Waals surface area contributed by atoms with Crippen molar-refractivity contribution in [1.82, 2.24) is 19.9 Å². The Morgan fingerprint density at radius 1 is 1.12 bits per heavy atom. The van der Waals surface area contributed by atoms with Gasteiger partial charge in [0, 0.05) is 34.9 Å². The summed E-state index contributed by atoms with van der Waals surface area (Å²) in [6.45, 7) is 0.576. The van der Waals surface area contributed by atoms with Gasteiger partial charge in [-0.2, -0.15) is 9.61 Å². The smallest absolute Gasteiger partial charge is 0.319 e. The lowest BCUT2D eigenvalue weighted by Crippen LogP contribution is -2.36. The Kier molecular flexibility index (Phi) is 6.69. The van der Waals surface area contributed by atoms with Crippen molar-refractivity contribution < 1.29 is 4.79 Å². The summed E-state index contributed by atoms with van der Waals surface area (Å²) in [5.41, 5.74) is 4.15. The van der Waals surface area contributed by atoms with E-state index in [9.17, 15) is 4.79 Å². The molecule has 1 aliphatic carbocycles. The van der Waals surface area contributed by atoms with Crippen LogP contribution in [0.5, 0.6) is 0 Å². The summed E-state index contributed by atoms with van der Waals surface area (Å²) in [4.78, 5) is 16.9. The van der Waals surface area contributed by atoms with E-state index in [1.165, 1.54) is 12.8 Å². The van der Waals surface area contributed by atoms with Gasteiger partial charge in [-0.25, -0.2) is 9.78 Å².